The van der Waals surface area contributed by atoms with Gasteiger partial charge in [0.2, 0.25) is 0 Å². The number of aryl methyl sites for hydroxylation is 1. The van der Waals surface area contributed by atoms with Crippen molar-refractivity contribution < 1.29 is 9.53 Å². The maximum absolute atomic E-state index is 11.8. The highest BCUT2D eigenvalue weighted by Gasteiger charge is 2.08. The number of hydrogen-bond acceptors (Lipinski definition) is 3. The summed E-state index contributed by atoms with van der Waals surface area (Å²) in [6.07, 6.45) is 1.67. The third kappa shape index (κ3) is 4.76. The van der Waals surface area contributed by atoms with Gasteiger partial charge in [0.15, 0.2) is 0 Å². The molecule has 3 nitrogen and oxygen atoms in total. The van der Waals surface area contributed by atoms with Crippen LogP contribution in [-0.2, 0) is 4.79 Å². The number of likely N-dealkylation sites (N-methyl/N-ethyl adjacent to an activating group) is 1. The molecule has 0 fully saturated rings. The highest BCUT2D eigenvalue weighted by Crippen LogP contribution is 2.13. The summed E-state index contributed by atoms with van der Waals surface area (Å²) < 4.78 is 5.27. The first-order valence-corrected chi connectivity index (χ1v) is 7.37. The van der Waals surface area contributed by atoms with Gasteiger partial charge in [-0.1, -0.05) is 35.6 Å². The molecular weight excluding hydrogens is 286 g/mol. The number of carbonyl (C=O) groups excluding carboxylic acids is 1. The summed E-state index contributed by atoms with van der Waals surface area (Å²) in [5, 5.41) is 2.79. The minimum absolute atomic E-state index is 0.409. The molecule has 0 heterocycles. The molecule has 0 bridgehead atoms. The Morgan fingerprint density at radius 1 is 1.00 bits per heavy atom. The SMILES string of the molecule is C/C=C(\NC)C(=O)Oc1ccc(C#Cc2ccc(C)cc2)cc1. The van der Waals surface area contributed by atoms with Gasteiger partial charge in [-0.25, -0.2) is 4.79 Å². The average molecular weight is 305 g/mol. The zero-order valence-corrected chi connectivity index (χ0v) is 13.5. The lowest BCUT2D eigenvalue weighted by Gasteiger charge is -2.06. The normalized spacial score (nSPS) is 10.5. The van der Waals surface area contributed by atoms with Crippen molar-refractivity contribution >= 4 is 5.97 Å². The summed E-state index contributed by atoms with van der Waals surface area (Å²) in [5.74, 6) is 6.28. The van der Waals surface area contributed by atoms with Gasteiger partial charge in [-0.05, 0) is 50.2 Å². The number of ether oxygens (including phenoxy) is 1. The first kappa shape index (κ1) is 16.4. The van der Waals surface area contributed by atoms with E-state index in [0.717, 1.165) is 11.1 Å². The molecule has 2 aromatic carbocycles. The standard InChI is InChI=1S/C20H19NO2/c1-4-19(21-3)20(22)23-18-13-11-17(12-14-18)10-9-16-7-5-15(2)6-8-16/h4-8,11-14,21H,1-3H3/b19-4-. The van der Waals surface area contributed by atoms with E-state index in [1.54, 1.807) is 32.2 Å². The van der Waals surface area contributed by atoms with Crippen LogP contribution in [-0.4, -0.2) is 13.0 Å². The smallest absolute Gasteiger partial charge is 0.359 e. The van der Waals surface area contributed by atoms with Crippen LogP contribution in [0.5, 0.6) is 5.75 Å². The minimum Gasteiger partial charge on any atom is -0.422 e. The fourth-order valence-corrected chi connectivity index (χ4v) is 1.91. The summed E-state index contributed by atoms with van der Waals surface area (Å²) in [4.78, 5) is 11.8. The third-order valence-corrected chi connectivity index (χ3v) is 3.25. The first-order chi connectivity index (χ1) is 11.1. The Kier molecular flexibility index (Phi) is 5.60. The van der Waals surface area contributed by atoms with Gasteiger partial charge in [0.25, 0.3) is 0 Å². The van der Waals surface area contributed by atoms with Gasteiger partial charge >= 0.3 is 5.97 Å². The summed E-state index contributed by atoms with van der Waals surface area (Å²) in [5.41, 5.74) is 3.47. The van der Waals surface area contributed by atoms with E-state index in [9.17, 15) is 4.79 Å². The largest absolute Gasteiger partial charge is 0.422 e. The second kappa shape index (κ2) is 7.86. The Balaban J connectivity index is 2.05. The number of esters is 1. The van der Waals surface area contributed by atoms with Crippen LogP contribution in [0, 0.1) is 18.8 Å². The summed E-state index contributed by atoms with van der Waals surface area (Å²) >= 11 is 0. The van der Waals surface area contributed by atoms with Gasteiger partial charge < -0.3 is 10.1 Å². The van der Waals surface area contributed by atoms with Crippen LogP contribution in [0.3, 0.4) is 0 Å². The zero-order chi connectivity index (χ0) is 16.7. The molecule has 0 aliphatic heterocycles. The molecule has 0 saturated heterocycles. The summed E-state index contributed by atoms with van der Waals surface area (Å²) in [6, 6.07) is 15.2. The molecule has 2 aromatic rings. The lowest BCUT2D eigenvalue weighted by molar-refractivity contribution is -0.130. The molecule has 0 amide bonds. The molecule has 0 aliphatic rings. The maximum atomic E-state index is 11.8. The van der Waals surface area contributed by atoms with Crippen LogP contribution in [0.15, 0.2) is 60.3 Å². The number of benzene rings is 2. The number of rotatable bonds is 3. The molecule has 0 radical (unpaired) electrons. The number of allylic oxidation sites excluding steroid dienone is 1. The van der Waals surface area contributed by atoms with E-state index >= 15 is 0 Å². The molecule has 3 heteroatoms. The van der Waals surface area contributed by atoms with E-state index in [2.05, 4.69) is 17.2 Å². The van der Waals surface area contributed by atoms with E-state index in [-0.39, 0.29) is 0 Å². The Bertz CT molecular complexity index is 760. The summed E-state index contributed by atoms with van der Waals surface area (Å²) in [7, 11) is 1.68. The van der Waals surface area contributed by atoms with E-state index in [1.807, 2.05) is 43.3 Å². The fraction of sp³-hybridized carbons (Fsp3) is 0.150. The monoisotopic (exact) mass is 305 g/mol. The van der Waals surface area contributed by atoms with Crippen molar-refractivity contribution in [2.45, 2.75) is 13.8 Å². The molecule has 0 unspecified atom stereocenters. The molecule has 0 aromatic heterocycles. The van der Waals surface area contributed by atoms with E-state index in [1.165, 1.54) is 5.56 Å². The predicted octanol–water partition coefficient (Wildman–Crippen LogP) is 3.42. The van der Waals surface area contributed by atoms with Gasteiger partial charge in [0.1, 0.15) is 11.4 Å². The topological polar surface area (TPSA) is 38.3 Å². The van der Waals surface area contributed by atoms with Crippen molar-refractivity contribution in [2.24, 2.45) is 0 Å². The van der Waals surface area contributed by atoms with Crippen molar-refractivity contribution in [3.63, 3.8) is 0 Å². The van der Waals surface area contributed by atoms with Gasteiger partial charge in [-0.3, -0.25) is 0 Å². The third-order valence-electron chi connectivity index (χ3n) is 3.25. The lowest BCUT2D eigenvalue weighted by atomic mass is 10.1. The maximum Gasteiger partial charge on any atom is 0.359 e. The number of nitrogens with one attached hydrogen (secondary N) is 1. The van der Waals surface area contributed by atoms with E-state index in [4.69, 9.17) is 4.74 Å². The van der Waals surface area contributed by atoms with Gasteiger partial charge in [-0.15, -0.1) is 0 Å². The molecule has 0 saturated carbocycles. The van der Waals surface area contributed by atoms with Crippen molar-refractivity contribution in [2.75, 3.05) is 7.05 Å². The molecule has 23 heavy (non-hydrogen) atoms. The van der Waals surface area contributed by atoms with Crippen LogP contribution < -0.4 is 10.1 Å². The molecule has 0 atom stereocenters. The number of carbonyl (C=O) groups is 1. The highest BCUT2D eigenvalue weighted by molar-refractivity contribution is 5.89. The van der Waals surface area contributed by atoms with Crippen molar-refractivity contribution in [1.29, 1.82) is 0 Å². The zero-order valence-electron chi connectivity index (χ0n) is 13.5. The fourth-order valence-electron chi connectivity index (χ4n) is 1.91. The predicted molar refractivity (Wildman–Crippen MR) is 92.1 cm³/mol. The number of hydrogen-bond donors (Lipinski definition) is 1. The second-order valence-electron chi connectivity index (χ2n) is 4.98. The van der Waals surface area contributed by atoms with E-state index < -0.39 is 5.97 Å². The van der Waals surface area contributed by atoms with Gasteiger partial charge in [-0.2, -0.15) is 0 Å². The van der Waals surface area contributed by atoms with Gasteiger partial charge in [0, 0.05) is 18.2 Å². The Hall–Kier alpha value is -2.99. The van der Waals surface area contributed by atoms with Crippen molar-refractivity contribution in [3.8, 4) is 17.6 Å². The molecular formula is C20H19NO2. The van der Waals surface area contributed by atoms with Gasteiger partial charge in [0.05, 0.1) is 0 Å². The molecule has 116 valence electrons. The molecule has 0 aliphatic carbocycles. The van der Waals surface area contributed by atoms with Crippen LogP contribution in [0.2, 0.25) is 0 Å². The van der Waals surface area contributed by atoms with E-state index in [0.29, 0.717) is 11.4 Å². The lowest BCUT2D eigenvalue weighted by Crippen LogP contribution is -2.20. The second-order valence-corrected chi connectivity index (χ2v) is 4.98. The van der Waals surface area contributed by atoms with Crippen LogP contribution in [0.1, 0.15) is 23.6 Å². The van der Waals surface area contributed by atoms with Crippen molar-refractivity contribution in [1.82, 2.24) is 5.32 Å². The minimum atomic E-state index is -0.409. The molecule has 0 spiro atoms. The van der Waals surface area contributed by atoms with Crippen LogP contribution in [0.4, 0.5) is 0 Å². The molecule has 2 rings (SSSR count). The highest BCUT2D eigenvalue weighted by atomic mass is 16.5. The Morgan fingerprint density at radius 2 is 1.52 bits per heavy atom. The van der Waals surface area contributed by atoms with Crippen LogP contribution >= 0.6 is 0 Å². The Morgan fingerprint density at radius 3 is 2.00 bits per heavy atom. The quantitative estimate of drug-likeness (QED) is 0.409. The molecule has 1 N–H and O–H groups in total. The van der Waals surface area contributed by atoms with Crippen LogP contribution in [0.25, 0.3) is 0 Å². The summed E-state index contributed by atoms with van der Waals surface area (Å²) in [6.45, 7) is 3.82. The Labute approximate surface area is 137 Å². The first-order valence-electron chi connectivity index (χ1n) is 7.37. The van der Waals surface area contributed by atoms with Crippen molar-refractivity contribution in [3.05, 3.63) is 77.0 Å². The average Bonchev–Trinajstić information content (AvgIpc) is 2.57.